The van der Waals surface area contributed by atoms with Crippen molar-refractivity contribution in [3.8, 4) is 23.0 Å². The Balaban J connectivity index is 1.02. The number of carboxylic acid groups (broad SMARTS) is 1. The summed E-state index contributed by atoms with van der Waals surface area (Å²) in [5, 5.41) is 72.9. The minimum Gasteiger partial charge on any atom is -0.508 e. The number of nitrogens with two attached hydrogens (primary N) is 1. The smallest absolute Gasteiger partial charge is 0.335 e. The van der Waals surface area contributed by atoms with Crippen molar-refractivity contribution in [3.63, 3.8) is 0 Å². The number of aliphatic hydroxyl groups excluding tert-OH is 2. The van der Waals surface area contributed by atoms with Gasteiger partial charge in [0.15, 0.2) is 23.6 Å². The summed E-state index contributed by atoms with van der Waals surface area (Å²) in [7, 11) is 2.72. The molecule has 0 aliphatic carbocycles. The molecule has 8 rings (SSSR count). The van der Waals surface area contributed by atoms with Gasteiger partial charge in [-0.3, -0.25) is 14.6 Å². The monoisotopic (exact) mass is 1050 g/mol. The zero-order chi connectivity index (χ0) is 52.4. The summed E-state index contributed by atoms with van der Waals surface area (Å²) < 4.78 is 24.3. The highest BCUT2D eigenvalue weighted by Gasteiger charge is 2.69. The van der Waals surface area contributed by atoms with Crippen LogP contribution in [0.15, 0.2) is 114 Å². The lowest BCUT2D eigenvalue weighted by Crippen LogP contribution is -2.80. The molecule has 19 heteroatoms. The molecule has 0 bridgehead atoms. The quantitative estimate of drug-likeness (QED) is 0.0329. The molecule has 9 atom stereocenters. The van der Waals surface area contributed by atoms with Gasteiger partial charge in [0, 0.05) is 24.6 Å². The molecule has 4 aliphatic rings. The van der Waals surface area contributed by atoms with Crippen LogP contribution in [0.2, 0.25) is 0 Å². The number of benzene rings is 4. The van der Waals surface area contributed by atoms with Gasteiger partial charge in [-0.15, -0.1) is 0 Å². The number of hydrogen-bond donors (Lipinski definition) is 9. The molecular weight excluding hydrogens is 989 g/mol. The summed E-state index contributed by atoms with van der Waals surface area (Å²) in [5.41, 5.74) is 5.68. The van der Waals surface area contributed by atoms with E-state index in [2.05, 4.69) is 59.0 Å². The van der Waals surface area contributed by atoms with Crippen molar-refractivity contribution in [1.29, 1.82) is 0 Å². The number of nitrogens with zero attached hydrogens (tertiary/aromatic N) is 1. The first kappa shape index (κ1) is 54.1. The van der Waals surface area contributed by atoms with Gasteiger partial charge in [-0.2, -0.15) is 0 Å². The molecule has 10 N–H and O–H groups in total. The molecule has 4 aromatic rings. The highest BCUT2D eigenvalue weighted by atomic mass is 33.1. The molecule has 4 aliphatic heterocycles. The third-order valence-electron chi connectivity index (χ3n) is 14.1. The number of primary amides is 1. The summed E-state index contributed by atoms with van der Waals surface area (Å²) in [6.45, 7) is 4.22. The first-order chi connectivity index (χ1) is 35.7. The number of carbonyl (C=O) groups is 3. The standard InChI is InChI=1S/C55H62N4O13S2/c1-33(6-4-9-35-7-2-3-8-36(35)10-5-23-57-24-21-34-11-15-39(61)16-12-34)43-28-59-30-54(68)53(72-49(52(66)67)50(64)55(54,31-60)69-32-74-73-29-44(43)38-22-25-58-27-38)70-41-19-20-42-45(26-41)71-48(51(56)65)46(47(42)63)37-13-17-40(62)18-14-37/h2-4,7-9,11-20,22,26-27,31,33,43-44,48-50,53,57,59,61-64,68H,5-6,10,21,23-25,28-30,32H2,1H3,(H2,56,65)(H,66,67). The van der Waals surface area contributed by atoms with Crippen LogP contribution in [0.25, 0.3) is 17.4 Å². The molecule has 2 saturated heterocycles. The molecule has 1 amide bonds. The number of rotatable bonds is 18. The number of phenols is 2. The van der Waals surface area contributed by atoms with Gasteiger partial charge in [0.1, 0.15) is 40.8 Å². The predicted octanol–water partition coefficient (Wildman–Crippen LogP) is 5.69. The number of aldehydes is 1. The van der Waals surface area contributed by atoms with Crippen molar-refractivity contribution < 1.29 is 64.0 Å². The molecule has 0 saturated carbocycles. The number of aromatic hydroxyl groups is 2. The van der Waals surface area contributed by atoms with Crippen LogP contribution in [0, 0.1) is 17.8 Å². The van der Waals surface area contributed by atoms with Crippen molar-refractivity contribution in [3.05, 3.63) is 137 Å². The summed E-state index contributed by atoms with van der Waals surface area (Å²) >= 11 is 0. The van der Waals surface area contributed by atoms with Crippen molar-refractivity contribution >= 4 is 63.4 Å². The molecule has 392 valence electrons. The van der Waals surface area contributed by atoms with E-state index in [0.717, 1.165) is 49.1 Å². The van der Waals surface area contributed by atoms with E-state index in [-0.39, 0.29) is 76.4 Å². The first-order valence-corrected chi connectivity index (χ1v) is 27.0. The number of aliphatic hydroxyl groups is 3. The zero-order valence-corrected chi connectivity index (χ0v) is 42.4. The Bertz CT molecular complexity index is 2760. The van der Waals surface area contributed by atoms with Gasteiger partial charge in [-0.1, -0.05) is 95.3 Å². The molecular formula is C55H62N4O13S2. The number of aliphatic imine (C=N–C) groups is 1. The van der Waals surface area contributed by atoms with E-state index in [9.17, 15) is 45.0 Å². The molecule has 2 fully saturated rings. The number of fused-ring (bicyclic) bond motifs is 2. The second kappa shape index (κ2) is 24.5. The predicted molar refractivity (Wildman–Crippen MR) is 284 cm³/mol. The van der Waals surface area contributed by atoms with Crippen LogP contribution in [0.4, 0.5) is 0 Å². The maximum Gasteiger partial charge on any atom is 0.335 e. The largest absolute Gasteiger partial charge is 0.508 e. The number of hydrogen-bond acceptors (Lipinski definition) is 17. The fourth-order valence-corrected chi connectivity index (χ4v) is 12.1. The molecule has 0 spiro atoms. The zero-order valence-electron chi connectivity index (χ0n) is 40.7. The average molecular weight is 1050 g/mol. The number of ether oxygens (including phenoxy) is 4. The number of aliphatic carboxylic acids is 1. The van der Waals surface area contributed by atoms with Crippen LogP contribution in [-0.4, -0.2) is 135 Å². The normalized spacial score (nSPS) is 26.7. The van der Waals surface area contributed by atoms with Gasteiger partial charge >= 0.3 is 5.97 Å². The number of nitrogens with one attached hydrogen (secondary N) is 2. The highest BCUT2D eigenvalue weighted by Crippen LogP contribution is 2.46. The highest BCUT2D eigenvalue weighted by molar-refractivity contribution is 8.76. The second-order valence-electron chi connectivity index (χ2n) is 18.8. The Labute approximate surface area is 437 Å². The van der Waals surface area contributed by atoms with Crippen LogP contribution >= 0.6 is 21.6 Å². The maximum absolute atomic E-state index is 13.5. The summed E-state index contributed by atoms with van der Waals surface area (Å²) in [6.07, 6.45) is 4.18. The molecule has 74 heavy (non-hydrogen) atoms. The minimum atomic E-state index is -2.61. The summed E-state index contributed by atoms with van der Waals surface area (Å²) in [4.78, 5) is 43.5. The van der Waals surface area contributed by atoms with E-state index in [0.29, 0.717) is 24.3 Å². The third kappa shape index (κ3) is 12.0. The minimum absolute atomic E-state index is 0.00949. The molecule has 17 nitrogen and oxygen atoms in total. The molecule has 9 unspecified atom stereocenters. The van der Waals surface area contributed by atoms with Crippen LogP contribution in [0.3, 0.4) is 0 Å². The Morgan fingerprint density at radius 1 is 1.00 bits per heavy atom. The van der Waals surface area contributed by atoms with Crippen molar-refractivity contribution in [2.24, 2.45) is 28.5 Å². The fourth-order valence-electron chi connectivity index (χ4n) is 9.98. The number of phenolic OH excluding ortho intramolecular Hbond substituents is 2. The van der Waals surface area contributed by atoms with E-state index in [1.807, 2.05) is 24.4 Å². The summed E-state index contributed by atoms with van der Waals surface area (Å²) in [5.74, 6) is -2.55. The Morgan fingerprint density at radius 3 is 2.47 bits per heavy atom. The van der Waals surface area contributed by atoms with Crippen LogP contribution in [0.5, 0.6) is 23.0 Å². The lowest BCUT2D eigenvalue weighted by atomic mass is 9.73. The number of allylic oxidation sites excluding steroid dienone is 2. The number of β-amino-alcohol motifs (C(OH)–C–C–N with tert-alkyl or cyclic N) is 1. The fraction of sp³-hybridized carbons (Fsp3) is 0.382. The summed E-state index contributed by atoms with van der Waals surface area (Å²) in [6, 6.07) is 25.4. The molecule has 0 aromatic heterocycles. The molecule has 0 radical (unpaired) electrons. The SMILES string of the molecule is CC(CC=Cc1ccccc1CCCNCCc1ccc(O)cc1)C1CNCC2(O)C(Oc3ccc4c(c3)OC(C(N)=O)C(c3ccc(O)cc3)=C4O)OC(C(=O)O)C(O)C2(C=O)OCSSCC1C1=CCN=C1. The third-order valence-corrected chi connectivity index (χ3v) is 16.2. The van der Waals surface area contributed by atoms with Crippen LogP contribution < -0.4 is 25.8 Å². The average Bonchev–Trinajstić information content (AvgIpc) is 3.93. The van der Waals surface area contributed by atoms with E-state index >= 15 is 0 Å². The lowest BCUT2D eigenvalue weighted by Gasteiger charge is -2.53. The van der Waals surface area contributed by atoms with E-state index in [1.54, 1.807) is 12.1 Å². The van der Waals surface area contributed by atoms with Crippen LogP contribution in [-0.2, 0) is 36.7 Å². The number of carboxylic acids is 1. The van der Waals surface area contributed by atoms with Gasteiger partial charge in [-0.25, -0.2) is 4.79 Å². The van der Waals surface area contributed by atoms with E-state index in [4.69, 9.17) is 24.7 Å². The first-order valence-electron chi connectivity index (χ1n) is 24.5. The Morgan fingerprint density at radius 2 is 1.76 bits per heavy atom. The molecule has 4 aromatic carbocycles. The van der Waals surface area contributed by atoms with E-state index < -0.39 is 54.2 Å². The Kier molecular flexibility index (Phi) is 17.9. The van der Waals surface area contributed by atoms with Gasteiger partial charge in [0.25, 0.3) is 5.91 Å². The number of aryl methyl sites for hydroxylation is 1. The van der Waals surface area contributed by atoms with Gasteiger partial charge in [0.05, 0.1) is 17.7 Å². The molecule has 4 heterocycles. The van der Waals surface area contributed by atoms with Crippen molar-refractivity contribution in [2.75, 3.05) is 44.4 Å². The lowest BCUT2D eigenvalue weighted by molar-refractivity contribution is -0.340. The van der Waals surface area contributed by atoms with Gasteiger partial charge in [-0.05, 0) is 127 Å². The van der Waals surface area contributed by atoms with Crippen LogP contribution in [0.1, 0.15) is 47.6 Å². The maximum atomic E-state index is 13.5. The van der Waals surface area contributed by atoms with Crippen molar-refractivity contribution in [2.45, 2.75) is 68.4 Å². The van der Waals surface area contributed by atoms with Gasteiger partial charge in [0.2, 0.25) is 12.4 Å². The Hall–Kier alpha value is -6.16. The van der Waals surface area contributed by atoms with Crippen molar-refractivity contribution in [1.82, 2.24) is 10.6 Å². The number of carbonyl (C=O) groups excluding carboxylic acids is 2. The topological polar surface area (TPSA) is 272 Å². The van der Waals surface area contributed by atoms with Gasteiger partial charge < -0.3 is 66.0 Å². The number of amides is 1. The van der Waals surface area contributed by atoms with E-state index in [1.165, 1.54) is 69.6 Å². The second-order valence-corrected chi connectivity index (χ2v) is 21.3.